The molecule has 4 nitrogen and oxygen atoms in total. The molecule has 1 aromatic rings. The first kappa shape index (κ1) is 11.7. The third-order valence-corrected chi connectivity index (χ3v) is 4.22. The number of carbonyl (C=O) groups is 1. The highest BCUT2D eigenvalue weighted by Crippen LogP contribution is 2.29. The van der Waals surface area contributed by atoms with Crippen LogP contribution in [0.4, 0.5) is 0 Å². The summed E-state index contributed by atoms with van der Waals surface area (Å²) in [5.41, 5.74) is 0.686. The molecule has 18 heavy (non-hydrogen) atoms. The Hall–Kier alpha value is -1.42. The van der Waals surface area contributed by atoms with E-state index in [4.69, 9.17) is 0 Å². The van der Waals surface area contributed by atoms with Gasteiger partial charge in [-0.1, -0.05) is 0 Å². The van der Waals surface area contributed by atoms with Crippen LogP contribution in [0.1, 0.15) is 36.0 Å². The van der Waals surface area contributed by atoms with E-state index in [2.05, 4.69) is 10.3 Å². The lowest BCUT2D eigenvalue weighted by atomic mass is 9.98. The highest BCUT2D eigenvalue weighted by Gasteiger charge is 2.36. The summed E-state index contributed by atoms with van der Waals surface area (Å²) in [6, 6.07) is 5.24. The topological polar surface area (TPSA) is 45.2 Å². The molecule has 0 saturated carbocycles. The van der Waals surface area contributed by atoms with Crippen molar-refractivity contribution in [1.29, 1.82) is 0 Å². The van der Waals surface area contributed by atoms with Crippen molar-refractivity contribution < 1.29 is 4.79 Å². The Morgan fingerprint density at radius 2 is 2.11 bits per heavy atom. The minimum absolute atomic E-state index is 0.0920. The van der Waals surface area contributed by atoms with Gasteiger partial charge in [-0.15, -0.1) is 0 Å². The lowest BCUT2D eigenvalue weighted by Gasteiger charge is -2.35. The largest absolute Gasteiger partial charge is 0.339 e. The van der Waals surface area contributed by atoms with Crippen molar-refractivity contribution >= 4 is 5.91 Å². The van der Waals surface area contributed by atoms with Crippen LogP contribution in [0.5, 0.6) is 0 Å². The van der Waals surface area contributed by atoms with Crippen molar-refractivity contribution in [3.63, 3.8) is 0 Å². The molecule has 0 radical (unpaired) electrons. The number of hydrogen-bond acceptors (Lipinski definition) is 3. The van der Waals surface area contributed by atoms with Crippen LogP contribution < -0.4 is 5.32 Å². The number of amides is 1. The summed E-state index contributed by atoms with van der Waals surface area (Å²) < 4.78 is 0. The van der Waals surface area contributed by atoms with Gasteiger partial charge in [0.05, 0.1) is 5.56 Å². The zero-order valence-corrected chi connectivity index (χ0v) is 10.7. The fourth-order valence-electron chi connectivity index (χ4n) is 3.20. The lowest BCUT2D eigenvalue weighted by molar-refractivity contribution is 0.0681. The maximum Gasteiger partial charge on any atom is 0.255 e. The number of pyridine rings is 1. The molecule has 96 valence electrons. The molecular formula is C14H19N3O. The van der Waals surface area contributed by atoms with Crippen LogP contribution in [0.15, 0.2) is 24.5 Å². The Kier molecular flexibility index (Phi) is 3.04. The van der Waals surface area contributed by atoms with Gasteiger partial charge in [0.2, 0.25) is 0 Å². The Labute approximate surface area is 107 Å². The molecule has 2 aliphatic heterocycles. The molecule has 0 aromatic carbocycles. The number of piperidine rings is 1. The minimum atomic E-state index is 0.0920. The third kappa shape index (κ3) is 2.12. The van der Waals surface area contributed by atoms with E-state index in [1.807, 2.05) is 24.1 Å². The fraction of sp³-hybridized carbons (Fsp3) is 0.571. The standard InChI is InChI=1S/C14H19N3O/c1-17(14(18)10-3-2-6-15-9-10)13-7-11-4-5-12(8-13)16-11/h2-3,6,9,11-13,16H,4-5,7-8H2,1H3. The van der Waals surface area contributed by atoms with Crippen LogP contribution in [0.3, 0.4) is 0 Å². The number of fused-ring (bicyclic) bond motifs is 2. The minimum Gasteiger partial charge on any atom is -0.339 e. The predicted octanol–water partition coefficient (Wildman–Crippen LogP) is 1.44. The monoisotopic (exact) mass is 245 g/mol. The van der Waals surface area contributed by atoms with Gasteiger partial charge in [0.15, 0.2) is 0 Å². The first-order chi connectivity index (χ1) is 8.74. The number of hydrogen-bond donors (Lipinski definition) is 1. The summed E-state index contributed by atoms with van der Waals surface area (Å²) in [6.45, 7) is 0. The van der Waals surface area contributed by atoms with E-state index < -0.39 is 0 Å². The number of carbonyl (C=O) groups excluding carboxylic acids is 1. The van der Waals surface area contributed by atoms with E-state index in [0.717, 1.165) is 12.8 Å². The van der Waals surface area contributed by atoms with Crippen molar-refractivity contribution in [2.24, 2.45) is 0 Å². The molecule has 2 fully saturated rings. The van der Waals surface area contributed by atoms with Gasteiger partial charge in [-0.25, -0.2) is 0 Å². The molecule has 4 heteroatoms. The summed E-state index contributed by atoms with van der Waals surface area (Å²) in [4.78, 5) is 18.3. The van der Waals surface area contributed by atoms with Crippen LogP contribution >= 0.6 is 0 Å². The van der Waals surface area contributed by atoms with Gasteiger partial charge >= 0.3 is 0 Å². The summed E-state index contributed by atoms with van der Waals surface area (Å²) >= 11 is 0. The number of aromatic nitrogens is 1. The third-order valence-electron chi connectivity index (χ3n) is 4.22. The van der Waals surface area contributed by atoms with Gasteiger partial charge in [0.1, 0.15) is 0 Å². The lowest BCUT2D eigenvalue weighted by Crippen LogP contribution is -2.48. The molecule has 2 saturated heterocycles. The molecule has 0 spiro atoms. The zero-order valence-electron chi connectivity index (χ0n) is 10.7. The first-order valence-corrected chi connectivity index (χ1v) is 6.67. The molecule has 2 atom stereocenters. The van der Waals surface area contributed by atoms with Gasteiger partial charge < -0.3 is 10.2 Å². The normalized spacial score (nSPS) is 30.2. The van der Waals surface area contributed by atoms with E-state index >= 15 is 0 Å². The average Bonchev–Trinajstić information content (AvgIpc) is 2.77. The van der Waals surface area contributed by atoms with Gasteiger partial charge in [0.25, 0.3) is 5.91 Å². The second-order valence-corrected chi connectivity index (χ2v) is 5.42. The van der Waals surface area contributed by atoms with E-state index in [0.29, 0.717) is 23.7 Å². The molecule has 3 heterocycles. The Bertz CT molecular complexity index is 422. The van der Waals surface area contributed by atoms with Crippen molar-refractivity contribution in [3.8, 4) is 0 Å². The Morgan fingerprint density at radius 1 is 1.39 bits per heavy atom. The predicted molar refractivity (Wildman–Crippen MR) is 69.3 cm³/mol. The van der Waals surface area contributed by atoms with E-state index in [1.54, 1.807) is 12.4 Å². The molecule has 0 aliphatic carbocycles. The van der Waals surface area contributed by atoms with Gasteiger partial charge in [-0.3, -0.25) is 9.78 Å². The smallest absolute Gasteiger partial charge is 0.255 e. The molecule has 2 unspecified atom stereocenters. The van der Waals surface area contributed by atoms with Crippen LogP contribution in [0.2, 0.25) is 0 Å². The maximum absolute atomic E-state index is 12.3. The summed E-state index contributed by atoms with van der Waals surface area (Å²) in [7, 11) is 1.92. The van der Waals surface area contributed by atoms with Crippen molar-refractivity contribution in [3.05, 3.63) is 30.1 Å². The van der Waals surface area contributed by atoms with Crippen molar-refractivity contribution in [2.75, 3.05) is 7.05 Å². The van der Waals surface area contributed by atoms with Gasteiger partial charge in [-0.05, 0) is 37.8 Å². The fourth-order valence-corrected chi connectivity index (χ4v) is 3.20. The number of nitrogens with zero attached hydrogens (tertiary/aromatic N) is 2. The van der Waals surface area contributed by atoms with Gasteiger partial charge in [0, 0.05) is 37.6 Å². The van der Waals surface area contributed by atoms with Crippen LogP contribution in [0.25, 0.3) is 0 Å². The molecule has 1 N–H and O–H groups in total. The maximum atomic E-state index is 12.3. The second-order valence-electron chi connectivity index (χ2n) is 5.42. The number of nitrogens with one attached hydrogen (secondary N) is 1. The summed E-state index contributed by atoms with van der Waals surface area (Å²) in [5, 5.41) is 3.60. The molecule has 2 bridgehead atoms. The SMILES string of the molecule is CN(C(=O)c1cccnc1)C1CC2CCC(C1)N2. The highest BCUT2D eigenvalue weighted by atomic mass is 16.2. The van der Waals surface area contributed by atoms with E-state index in [1.165, 1.54) is 12.8 Å². The van der Waals surface area contributed by atoms with Crippen molar-refractivity contribution in [1.82, 2.24) is 15.2 Å². The molecule has 1 aromatic heterocycles. The average molecular weight is 245 g/mol. The van der Waals surface area contributed by atoms with Crippen LogP contribution in [0, 0.1) is 0 Å². The Balaban J connectivity index is 1.71. The highest BCUT2D eigenvalue weighted by molar-refractivity contribution is 5.93. The number of rotatable bonds is 2. The molecular weight excluding hydrogens is 226 g/mol. The van der Waals surface area contributed by atoms with Crippen LogP contribution in [-0.2, 0) is 0 Å². The van der Waals surface area contributed by atoms with Crippen molar-refractivity contribution in [2.45, 2.75) is 43.8 Å². The second kappa shape index (κ2) is 4.69. The van der Waals surface area contributed by atoms with E-state index in [9.17, 15) is 4.79 Å². The zero-order chi connectivity index (χ0) is 12.5. The quantitative estimate of drug-likeness (QED) is 0.857. The molecule has 1 amide bonds. The first-order valence-electron chi connectivity index (χ1n) is 6.67. The molecule has 3 rings (SSSR count). The molecule has 2 aliphatic rings. The van der Waals surface area contributed by atoms with Crippen LogP contribution in [-0.4, -0.2) is 41.0 Å². The Morgan fingerprint density at radius 3 is 2.72 bits per heavy atom. The summed E-state index contributed by atoms with van der Waals surface area (Å²) in [5.74, 6) is 0.0920. The van der Waals surface area contributed by atoms with E-state index in [-0.39, 0.29) is 5.91 Å². The van der Waals surface area contributed by atoms with Gasteiger partial charge in [-0.2, -0.15) is 0 Å². The summed E-state index contributed by atoms with van der Waals surface area (Å²) in [6.07, 6.45) is 8.03.